The third-order valence-electron chi connectivity index (χ3n) is 4.62. The number of rotatable bonds is 8. The predicted octanol–water partition coefficient (Wildman–Crippen LogP) is 2.73. The van der Waals surface area contributed by atoms with Gasteiger partial charge in [0.2, 0.25) is 5.91 Å². The van der Waals surface area contributed by atoms with Crippen molar-refractivity contribution in [3.8, 4) is 0 Å². The number of nitrogens with zero attached hydrogens (tertiary/aromatic N) is 1. The number of aliphatic hydroxyl groups is 1. The highest BCUT2D eigenvalue weighted by atomic mass is 16.3. The molecule has 1 aromatic carbocycles. The second kappa shape index (κ2) is 8.48. The Morgan fingerprint density at radius 2 is 2.16 bits per heavy atom. The lowest BCUT2D eigenvalue weighted by Gasteiger charge is -2.24. The van der Waals surface area contributed by atoms with E-state index in [0.29, 0.717) is 30.9 Å². The van der Waals surface area contributed by atoms with E-state index in [1.165, 1.54) is 0 Å². The fourth-order valence-corrected chi connectivity index (χ4v) is 2.96. The van der Waals surface area contributed by atoms with Crippen molar-refractivity contribution in [3.63, 3.8) is 0 Å². The van der Waals surface area contributed by atoms with Crippen molar-refractivity contribution in [2.75, 3.05) is 13.1 Å². The molecule has 138 valence electrons. The summed E-state index contributed by atoms with van der Waals surface area (Å²) >= 11 is 0. The van der Waals surface area contributed by atoms with Crippen molar-refractivity contribution in [1.29, 1.82) is 0 Å². The van der Waals surface area contributed by atoms with Gasteiger partial charge in [0.05, 0.1) is 5.60 Å². The molecule has 2 amide bonds. The van der Waals surface area contributed by atoms with Gasteiger partial charge in [0, 0.05) is 31.6 Å². The van der Waals surface area contributed by atoms with E-state index in [-0.39, 0.29) is 18.4 Å². The molecule has 5 nitrogen and oxygen atoms in total. The number of carbonyl (C=O) groups excluding carboxylic acids is 2. The summed E-state index contributed by atoms with van der Waals surface area (Å²) in [6.45, 7) is 7.55. The Bertz CT molecular complexity index is 611. The van der Waals surface area contributed by atoms with Crippen LogP contribution in [-0.4, -0.2) is 40.5 Å². The summed E-state index contributed by atoms with van der Waals surface area (Å²) in [5, 5.41) is 13.2. The monoisotopic (exact) mass is 346 g/mol. The zero-order valence-corrected chi connectivity index (χ0v) is 15.5. The fourth-order valence-electron chi connectivity index (χ4n) is 2.96. The maximum absolute atomic E-state index is 12.4. The molecule has 1 aromatic rings. The van der Waals surface area contributed by atoms with E-state index in [2.05, 4.69) is 19.2 Å². The van der Waals surface area contributed by atoms with Gasteiger partial charge in [-0.15, -0.1) is 0 Å². The molecule has 1 aliphatic rings. The molecule has 2 rings (SSSR count). The molecule has 0 aromatic heterocycles. The van der Waals surface area contributed by atoms with Crippen molar-refractivity contribution >= 4 is 11.8 Å². The molecular formula is C20H30N2O3. The molecule has 25 heavy (non-hydrogen) atoms. The number of likely N-dealkylation sites (tertiary alicyclic amines) is 1. The molecule has 1 fully saturated rings. The van der Waals surface area contributed by atoms with Gasteiger partial charge in [-0.1, -0.05) is 26.0 Å². The summed E-state index contributed by atoms with van der Waals surface area (Å²) in [5.41, 5.74) is 0.609. The third-order valence-corrected chi connectivity index (χ3v) is 4.62. The molecule has 0 radical (unpaired) electrons. The van der Waals surface area contributed by atoms with Gasteiger partial charge in [-0.05, 0) is 49.8 Å². The van der Waals surface area contributed by atoms with Crippen LogP contribution >= 0.6 is 0 Å². The highest BCUT2D eigenvalue weighted by Gasteiger charge is 2.22. The summed E-state index contributed by atoms with van der Waals surface area (Å²) in [6, 6.07) is 7.35. The Morgan fingerprint density at radius 1 is 1.40 bits per heavy atom. The molecule has 1 heterocycles. The van der Waals surface area contributed by atoms with Crippen LogP contribution in [0.4, 0.5) is 0 Å². The largest absolute Gasteiger partial charge is 0.388 e. The molecule has 0 spiro atoms. The summed E-state index contributed by atoms with van der Waals surface area (Å²) in [4.78, 5) is 25.9. The van der Waals surface area contributed by atoms with E-state index in [0.717, 1.165) is 24.9 Å². The van der Waals surface area contributed by atoms with Gasteiger partial charge in [0.15, 0.2) is 0 Å². The van der Waals surface area contributed by atoms with Crippen LogP contribution in [0.5, 0.6) is 0 Å². The van der Waals surface area contributed by atoms with E-state index in [4.69, 9.17) is 0 Å². The van der Waals surface area contributed by atoms with Crippen molar-refractivity contribution in [2.24, 2.45) is 5.92 Å². The van der Waals surface area contributed by atoms with Gasteiger partial charge in [0.1, 0.15) is 0 Å². The topological polar surface area (TPSA) is 69.6 Å². The Hall–Kier alpha value is -1.88. The van der Waals surface area contributed by atoms with E-state index >= 15 is 0 Å². The number of nitrogens with one attached hydrogen (secondary N) is 1. The average molecular weight is 346 g/mol. The predicted molar refractivity (Wildman–Crippen MR) is 98.1 cm³/mol. The van der Waals surface area contributed by atoms with Crippen molar-refractivity contribution in [1.82, 2.24) is 10.2 Å². The quantitative estimate of drug-likeness (QED) is 0.760. The number of hydrogen-bond donors (Lipinski definition) is 2. The minimum Gasteiger partial charge on any atom is -0.388 e. The number of amides is 2. The SMILES string of the molecule is CC(C)CCC(C)(O)CNC(=O)c1cccc(CN2CCCC2=O)c1. The molecule has 0 aliphatic carbocycles. The minimum absolute atomic E-state index is 0.177. The van der Waals surface area contributed by atoms with E-state index in [1.807, 2.05) is 23.1 Å². The Balaban J connectivity index is 1.91. The molecule has 0 bridgehead atoms. The zero-order chi connectivity index (χ0) is 18.4. The molecule has 5 heteroatoms. The number of hydrogen-bond acceptors (Lipinski definition) is 3. The molecular weight excluding hydrogens is 316 g/mol. The highest BCUT2D eigenvalue weighted by molar-refractivity contribution is 5.94. The minimum atomic E-state index is -0.903. The first-order chi connectivity index (χ1) is 11.8. The van der Waals surface area contributed by atoms with Gasteiger partial charge in [-0.25, -0.2) is 0 Å². The maximum atomic E-state index is 12.4. The van der Waals surface area contributed by atoms with Crippen molar-refractivity contribution < 1.29 is 14.7 Å². The van der Waals surface area contributed by atoms with Crippen LogP contribution in [0.1, 0.15) is 62.4 Å². The molecule has 1 saturated heterocycles. The van der Waals surface area contributed by atoms with Gasteiger partial charge >= 0.3 is 0 Å². The van der Waals surface area contributed by atoms with Crippen LogP contribution in [0.15, 0.2) is 24.3 Å². The second-order valence-electron chi connectivity index (χ2n) is 7.73. The van der Waals surface area contributed by atoms with Crippen LogP contribution in [0.2, 0.25) is 0 Å². The Labute approximate surface area is 150 Å². The number of benzene rings is 1. The molecule has 1 aliphatic heterocycles. The zero-order valence-electron chi connectivity index (χ0n) is 15.5. The van der Waals surface area contributed by atoms with E-state index in [1.54, 1.807) is 13.0 Å². The maximum Gasteiger partial charge on any atom is 0.251 e. The summed E-state index contributed by atoms with van der Waals surface area (Å²) in [7, 11) is 0. The standard InChI is InChI=1S/C20H30N2O3/c1-15(2)9-10-20(3,25)14-21-19(24)17-7-4-6-16(12-17)13-22-11-5-8-18(22)23/h4,6-7,12,15,25H,5,8-11,13-14H2,1-3H3,(H,21,24). The third kappa shape index (κ3) is 6.16. The van der Waals surface area contributed by atoms with E-state index < -0.39 is 5.60 Å². The van der Waals surface area contributed by atoms with Gasteiger partial charge < -0.3 is 15.3 Å². The fraction of sp³-hybridized carbons (Fsp3) is 0.600. The normalized spacial score (nSPS) is 17.0. The first kappa shape index (κ1) is 19.4. The second-order valence-corrected chi connectivity index (χ2v) is 7.73. The van der Waals surface area contributed by atoms with Crippen LogP contribution in [0.3, 0.4) is 0 Å². The smallest absolute Gasteiger partial charge is 0.251 e. The van der Waals surface area contributed by atoms with Gasteiger partial charge in [-0.3, -0.25) is 9.59 Å². The van der Waals surface area contributed by atoms with Crippen LogP contribution in [0, 0.1) is 5.92 Å². The van der Waals surface area contributed by atoms with Crippen molar-refractivity contribution in [2.45, 2.75) is 58.6 Å². The van der Waals surface area contributed by atoms with Crippen molar-refractivity contribution in [3.05, 3.63) is 35.4 Å². The van der Waals surface area contributed by atoms with E-state index in [9.17, 15) is 14.7 Å². The molecule has 1 atom stereocenters. The summed E-state index contributed by atoms with van der Waals surface area (Å²) < 4.78 is 0. The van der Waals surface area contributed by atoms with Gasteiger partial charge in [0.25, 0.3) is 5.91 Å². The lowest BCUT2D eigenvalue weighted by atomic mass is 9.95. The van der Waals surface area contributed by atoms with Gasteiger partial charge in [-0.2, -0.15) is 0 Å². The first-order valence-corrected chi connectivity index (χ1v) is 9.14. The van der Waals surface area contributed by atoms with Crippen LogP contribution < -0.4 is 5.32 Å². The van der Waals surface area contributed by atoms with Crippen LogP contribution in [0.25, 0.3) is 0 Å². The van der Waals surface area contributed by atoms with Crippen LogP contribution in [-0.2, 0) is 11.3 Å². The first-order valence-electron chi connectivity index (χ1n) is 9.14. The summed E-state index contributed by atoms with van der Waals surface area (Å²) in [5.74, 6) is 0.502. The lowest BCUT2D eigenvalue weighted by molar-refractivity contribution is -0.128. The number of carbonyl (C=O) groups is 2. The Morgan fingerprint density at radius 3 is 2.80 bits per heavy atom. The lowest BCUT2D eigenvalue weighted by Crippen LogP contribution is -2.40. The molecule has 0 saturated carbocycles. The highest BCUT2D eigenvalue weighted by Crippen LogP contribution is 2.17. The Kier molecular flexibility index (Phi) is 6.59. The molecule has 1 unspecified atom stereocenters. The molecule has 2 N–H and O–H groups in total. The summed E-state index contributed by atoms with van der Waals surface area (Å²) in [6.07, 6.45) is 3.10. The average Bonchev–Trinajstić information content (AvgIpc) is 2.96.